The van der Waals surface area contributed by atoms with E-state index in [-0.39, 0.29) is 17.9 Å². The Hall–Kier alpha value is -1.06. The minimum absolute atomic E-state index is 0.0475. The molecule has 0 spiro atoms. The van der Waals surface area contributed by atoms with Gasteiger partial charge in [0, 0.05) is 11.1 Å². The van der Waals surface area contributed by atoms with E-state index in [2.05, 4.69) is 5.32 Å². The fourth-order valence-electron chi connectivity index (χ4n) is 2.23. The topological polar surface area (TPSA) is 38.3 Å². The third kappa shape index (κ3) is 2.79. The molecule has 1 saturated heterocycles. The average Bonchev–Trinajstić information content (AvgIpc) is 2.79. The zero-order valence-corrected chi connectivity index (χ0v) is 10.5. The van der Waals surface area contributed by atoms with Crippen LogP contribution in [0.4, 0.5) is 0 Å². The predicted octanol–water partition coefficient (Wildman–Crippen LogP) is 2.55. The molecule has 0 aromatic heterocycles. The molecule has 1 aromatic rings. The predicted molar refractivity (Wildman–Crippen MR) is 66.9 cm³/mol. The molecule has 1 N–H and O–H groups in total. The van der Waals surface area contributed by atoms with Gasteiger partial charge in [0.05, 0.1) is 12.5 Å². The highest BCUT2D eigenvalue weighted by molar-refractivity contribution is 6.30. The molecule has 0 bridgehead atoms. The first kappa shape index (κ1) is 12.4. The van der Waals surface area contributed by atoms with Gasteiger partial charge in [-0.05, 0) is 37.6 Å². The zero-order valence-electron chi connectivity index (χ0n) is 9.78. The molecule has 0 aliphatic carbocycles. The van der Waals surface area contributed by atoms with Gasteiger partial charge in [0.1, 0.15) is 0 Å². The van der Waals surface area contributed by atoms with Gasteiger partial charge in [-0.2, -0.15) is 0 Å². The van der Waals surface area contributed by atoms with Crippen LogP contribution in [0.1, 0.15) is 24.9 Å². The summed E-state index contributed by atoms with van der Waals surface area (Å²) in [6, 6.07) is 7.65. The van der Waals surface area contributed by atoms with Gasteiger partial charge in [-0.25, -0.2) is 0 Å². The molecule has 1 fully saturated rings. The van der Waals surface area contributed by atoms with Crippen molar-refractivity contribution in [3.8, 4) is 0 Å². The molecular weight excluding hydrogens is 238 g/mol. The van der Waals surface area contributed by atoms with Gasteiger partial charge in [0.25, 0.3) is 0 Å². The molecule has 17 heavy (non-hydrogen) atoms. The number of ether oxygens (including phenoxy) is 1. The van der Waals surface area contributed by atoms with Gasteiger partial charge < -0.3 is 10.1 Å². The largest absolute Gasteiger partial charge is 0.466 e. The van der Waals surface area contributed by atoms with E-state index in [0.717, 1.165) is 18.5 Å². The summed E-state index contributed by atoms with van der Waals surface area (Å²) in [7, 11) is 0. The molecule has 2 rings (SSSR count). The van der Waals surface area contributed by atoms with Crippen LogP contribution in [0.25, 0.3) is 0 Å². The Labute approximate surface area is 106 Å². The molecule has 2 atom stereocenters. The number of rotatable bonds is 3. The lowest BCUT2D eigenvalue weighted by molar-refractivity contribution is -0.148. The van der Waals surface area contributed by atoms with Crippen molar-refractivity contribution in [1.82, 2.24) is 5.32 Å². The number of hydrogen-bond acceptors (Lipinski definition) is 3. The van der Waals surface area contributed by atoms with Crippen molar-refractivity contribution in [1.29, 1.82) is 0 Å². The molecule has 0 unspecified atom stereocenters. The molecule has 1 aromatic carbocycles. The highest BCUT2D eigenvalue weighted by atomic mass is 35.5. The highest BCUT2D eigenvalue weighted by Gasteiger charge is 2.34. The Morgan fingerprint density at radius 3 is 2.82 bits per heavy atom. The maximum absolute atomic E-state index is 11.8. The van der Waals surface area contributed by atoms with E-state index in [0.29, 0.717) is 11.6 Å². The van der Waals surface area contributed by atoms with Crippen LogP contribution in [-0.2, 0) is 9.53 Å². The Morgan fingerprint density at radius 1 is 1.47 bits per heavy atom. The smallest absolute Gasteiger partial charge is 0.310 e. The number of hydrogen-bond donors (Lipinski definition) is 1. The second-order valence-electron chi connectivity index (χ2n) is 4.13. The Balaban J connectivity index is 2.14. The van der Waals surface area contributed by atoms with E-state index in [4.69, 9.17) is 16.3 Å². The minimum atomic E-state index is -0.113. The van der Waals surface area contributed by atoms with Crippen molar-refractivity contribution >= 4 is 17.6 Å². The highest BCUT2D eigenvalue weighted by Crippen LogP contribution is 2.31. The van der Waals surface area contributed by atoms with Crippen molar-refractivity contribution in [3.63, 3.8) is 0 Å². The summed E-state index contributed by atoms with van der Waals surface area (Å²) in [6.07, 6.45) is 0.826. The molecule has 1 heterocycles. The number of carbonyl (C=O) groups excluding carboxylic acids is 1. The molecule has 1 aliphatic heterocycles. The lowest BCUT2D eigenvalue weighted by Crippen LogP contribution is -2.25. The number of esters is 1. The molecular formula is C13H16ClNO2. The zero-order chi connectivity index (χ0) is 12.3. The van der Waals surface area contributed by atoms with E-state index in [1.807, 2.05) is 31.2 Å². The fourth-order valence-corrected chi connectivity index (χ4v) is 2.35. The molecule has 1 aliphatic rings. The van der Waals surface area contributed by atoms with E-state index < -0.39 is 0 Å². The van der Waals surface area contributed by atoms with Gasteiger partial charge in [-0.1, -0.05) is 23.7 Å². The quantitative estimate of drug-likeness (QED) is 0.842. The van der Waals surface area contributed by atoms with Gasteiger partial charge in [-0.15, -0.1) is 0 Å². The molecule has 0 amide bonds. The number of nitrogens with one attached hydrogen (secondary N) is 1. The first-order valence-corrected chi connectivity index (χ1v) is 6.25. The number of carbonyl (C=O) groups is 1. The summed E-state index contributed by atoms with van der Waals surface area (Å²) in [5, 5.41) is 4.05. The standard InChI is InChI=1S/C13H16ClNO2/c1-2-17-13(16)11-7-8-15-12(11)9-3-5-10(14)6-4-9/h3-6,11-12,15H,2,7-8H2,1H3/t11-,12-/m1/s1. The minimum Gasteiger partial charge on any atom is -0.466 e. The number of benzene rings is 1. The van der Waals surface area contributed by atoms with Crippen LogP contribution in [0.3, 0.4) is 0 Å². The normalized spacial score (nSPS) is 23.6. The van der Waals surface area contributed by atoms with Crippen LogP contribution in [0.2, 0.25) is 5.02 Å². The van der Waals surface area contributed by atoms with Crippen molar-refractivity contribution in [2.24, 2.45) is 5.92 Å². The molecule has 4 heteroatoms. The van der Waals surface area contributed by atoms with Gasteiger partial charge in [0.2, 0.25) is 0 Å². The van der Waals surface area contributed by atoms with E-state index in [9.17, 15) is 4.79 Å². The summed E-state index contributed by atoms with van der Waals surface area (Å²) in [6.45, 7) is 3.11. The SMILES string of the molecule is CCOC(=O)[C@@H]1CCN[C@@H]1c1ccc(Cl)cc1. The summed E-state index contributed by atoms with van der Waals surface area (Å²) in [5.74, 6) is -0.200. The monoisotopic (exact) mass is 253 g/mol. The van der Waals surface area contributed by atoms with E-state index in [1.54, 1.807) is 0 Å². The van der Waals surface area contributed by atoms with Crippen molar-refractivity contribution in [2.45, 2.75) is 19.4 Å². The summed E-state index contributed by atoms with van der Waals surface area (Å²) in [4.78, 5) is 11.8. The van der Waals surface area contributed by atoms with Crippen LogP contribution in [0.5, 0.6) is 0 Å². The van der Waals surface area contributed by atoms with E-state index >= 15 is 0 Å². The molecule has 92 valence electrons. The third-order valence-electron chi connectivity index (χ3n) is 3.04. The summed E-state index contributed by atoms with van der Waals surface area (Å²) < 4.78 is 5.10. The Kier molecular flexibility index (Phi) is 4.02. The van der Waals surface area contributed by atoms with Crippen LogP contribution < -0.4 is 5.32 Å². The lowest BCUT2D eigenvalue weighted by Gasteiger charge is -2.18. The number of halogens is 1. The maximum atomic E-state index is 11.8. The van der Waals surface area contributed by atoms with Crippen LogP contribution >= 0.6 is 11.6 Å². The second kappa shape index (κ2) is 5.52. The van der Waals surface area contributed by atoms with Crippen LogP contribution in [0, 0.1) is 5.92 Å². The molecule has 0 radical (unpaired) electrons. The fraction of sp³-hybridized carbons (Fsp3) is 0.462. The van der Waals surface area contributed by atoms with Crippen LogP contribution in [0.15, 0.2) is 24.3 Å². The van der Waals surface area contributed by atoms with Crippen molar-refractivity contribution in [3.05, 3.63) is 34.9 Å². The first-order chi connectivity index (χ1) is 8.22. The Bertz CT molecular complexity index is 391. The van der Waals surface area contributed by atoms with Crippen molar-refractivity contribution in [2.75, 3.05) is 13.2 Å². The lowest BCUT2D eigenvalue weighted by atomic mass is 9.94. The van der Waals surface area contributed by atoms with E-state index in [1.165, 1.54) is 0 Å². The third-order valence-corrected chi connectivity index (χ3v) is 3.29. The van der Waals surface area contributed by atoms with Gasteiger partial charge >= 0.3 is 5.97 Å². The van der Waals surface area contributed by atoms with Gasteiger partial charge in [-0.3, -0.25) is 4.79 Å². The van der Waals surface area contributed by atoms with Gasteiger partial charge in [0.15, 0.2) is 0 Å². The molecule has 3 nitrogen and oxygen atoms in total. The first-order valence-electron chi connectivity index (χ1n) is 5.88. The van der Waals surface area contributed by atoms with Crippen molar-refractivity contribution < 1.29 is 9.53 Å². The average molecular weight is 254 g/mol. The Morgan fingerprint density at radius 2 is 2.18 bits per heavy atom. The summed E-state index contributed by atoms with van der Waals surface area (Å²) in [5.41, 5.74) is 1.09. The second-order valence-corrected chi connectivity index (χ2v) is 4.57. The molecule has 0 saturated carbocycles. The maximum Gasteiger partial charge on any atom is 0.310 e. The van der Waals surface area contributed by atoms with Crippen LogP contribution in [-0.4, -0.2) is 19.1 Å². The summed E-state index contributed by atoms with van der Waals surface area (Å²) >= 11 is 5.85.